The summed E-state index contributed by atoms with van der Waals surface area (Å²) in [6.07, 6.45) is 4.05. The molecule has 1 atom stereocenters. The predicted molar refractivity (Wildman–Crippen MR) is 100 cm³/mol. The van der Waals surface area contributed by atoms with Gasteiger partial charge in [-0.05, 0) is 62.9 Å². The Labute approximate surface area is 150 Å². The Hall–Kier alpha value is -1.04. The van der Waals surface area contributed by atoms with E-state index in [0.29, 0.717) is 12.3 Å². The Morgan fingerprint density at radius 2 is 2.04 bits per heavy atom. The number of nitrogens with one attached hydrogen (secondary N) is 2. The molecule has 24 heavy (non-hydrogen) atoms. The third kappa shape index (κ3) is 6.83. The minimum Gasteiger partial charge on any atom is -0.384 e. The molecule has 1 aliphatic rings. The van der Waals surface area contributed by atoms with Crippen molar-refractivity contribution in [3.63, 3.8) is 0 Å². The SMILES string of the molecule is COCCSc1ccc(C(C)NC(=O)CCC2CCNCC2)cc1. The Kier molecular flexibility index (Phi) is 8.64. The Morgan fingerprint density at radius 1 is 1.33 bits per heavy atom. The molecule has 4 nitrogen and oxygen atoms in total. The summed E-state index contributed by atoms with van der Waals surface area (Å²) in [7, 11) is 1.72. The average Bonchev–Trinajstić information content (AvgIpc) is 2.61. The number of hydrogen-bond donors (Lipinski definition) is 2. The third-order valence-electron chi connectivity index (χ3n) is 4.55. The van der Waals surface area contributed by atoms with E-state index >= 15 is 0 Å². The van der Waals surface area contributed by atoms with Crippen molar-refractivity contribution in [3.8, 4) is 0 Å². The molecule has 1 heterocycles. The van der Waals surface area contributed by atoms with Gasteiger partial charge >= 0.3 is 0 Å². The molecule has 1 saturated heterocycles. The summed E-state index contributed by atoms with van der Waals surface area (Å²) in [6, 6.07) is 8.50. The largest absolute Gasteiger partial charge is 0.384 e. The van der Waals surface area contributed by atoms with Gasteiger partial charge in [0.1, 0.15) is 0 Å². The fourth-order valence-corrected chi connectivity index (χ4v) is 3.81. The van der Waals surface area contributed by atoms with Crippen LogP contribution in [0.2, 0.25) is 0 Å². The van der Waals surface area contributed by atoms with Gasteiger partial charge in [-0.25, -0.2) is 0 Å². The number of methoxy groups -OCH3 is 1. The van der Waals surface area contributed by atoms with Gasteiger partial charge < -0.3 is 15.4 Å². The van der Waals surface area contributed by atoms with E-state index in [-0.39, 0.29) is 11.9 Å². The van der Waals surface area contributed by atoms with Crippen molar-refractivity contribution in [2.45, 2.75) is 43.5 Å². The molecule has 134 valence electrons. The minimum absolute atomic E-state index is 0.0588. The molecule has 0 aliphatic carbocycles. The van der Waals surface area contributed by atoms with Gasteiger partial charge in [0, 0.05) is 24.2 Å². The second-order valence-electron chi connectivity index (χ2n) is 6.43. The van der Waals surface area contributed by atoms with Crippen LogP contribution in [0.15, 0.2) is 29.2 Å². The number of benzene rings is 1. The van der Waals surface area contributed by atoms with Crippen molar-refractivity contribution in [1.82, 2.24) is 10.6 Å². The minimum atomic E-state index is 0.0588. The lowest BCUT2D eigenvalue weighted by molar-refractivity contribution is -0.122. The summed E-state index contributed by atoms with van der Waals surface area (Å²) in [5.74, 6) is 1.83. The van der Waals surface area contributed by atoms with E-state index < -0.39 is 0 Å². The summed E-state index contributed by atoms with van der Waals surface area (Å²) in [5, 5.41) is 6.49. The van der Waals surface area contributed by atoms with E-state index in [1.54, 1.807) is 18.9 Å². The second-order valence-corrected chi connectivity index (χ2v) is 7.60. The van der Waals surface area contributed by atoms with Gasteiger partial charge in [-0.15, -0.1) is 11.8 Å². The topological polar surface area (TPSA) is 50.4 Å². The van der Waals surface area contributed by atoms with Crippen LogP contribution in [-0.2, 0) is 9.53 Å². The molecule has 1 aliphatic heterocycles. The Balaban J connectivity index is 1.72. The van der Waals surface area contributed by atoms with Gasteiger partial charge in [0.25, 0.3) is 0 Å². The van der Waals surface area contributed by atoms with E-state index in [9.17, 15) is 4.79 Å². The molecular weight excluding hydrogens is 320 g/mol. The highest BCUT2D eigenvalue weighted by Crippen LogP contribution is 2.22. The quantitative estimate of drug-likeness (QED) is 0.529. The Bertz CT molecular complexity index is 487. The van der Waals surface area contributed by atoms with Crippen LogP contribution in [0.5, 0.6) is 0 Å². The molecule has 1 fully saturated rings. The summed E-state index contributed by atoms with van der Waals surface area (Å²) >= 11 is 1.79. The fourth-order valence-electron chi connectivity index (χ4n) is 3.00. The van der Waals surface area contributed by atoms with Crippen molar-refractivity contribution in [1.29, 1.82) is 0 Å². The molecule has 0 aromatic heterocycles. The zero-order chi connectivity index (χ0) is 17.2. The number of piperidine rings is 1. The van der Waals surface area contributed by atoms with Gasteiger partial charge in [-0.3, -0.25) is 4.79 Å². The summed E-state index contributed by atoms with van der Waals surface area (Å²) < 4.78 is 5.06. The molecule has 1 aromatic rings. The first-order valence-corrected chi connectivity index (χ1v) is 9.89. The first-order chi connectivity index (χ1) is 11.7. The van der Waals surface area contributed by atoms with E-state index in [0.717, 1.165) is 37.4 Å². The van der Waals surface area contributed by atoms with Crippen molar-refractivity contribution in [3.05, 3.63) is 29.8 Å². The van der Waals surface area contributed by atoms with Crippen molar-refractivity contribution >= 4 is 17.7 Å². The highest BCUT2D eigenvalue weighted by Gasteiger charge is 2.15. The first-order valence-electron chi connectivity index (χ1n) is 8.91. The van der Waals surface area contributed by atoms with Gasteiger partial charge in [0.15, 0.2) is 0 Å². The maximum atomic E-state index is 12.2. The summed E-state index contributed by atoms with van der Waals surface area (Å²) in [5.41, 5.74) is 1.15. The monoisotopic (exact) mass is 350 g/mol. The van der Waals surface area contributed by atoms with Gasteiger partial charge in [0.05, 0.1) is 12.6 Å². The zero-order valence-corrected chi connectivity index (χ0v) is 15.7. The van der Waals surface area contributed by atoms with Gasteiger partial charge in [-0.2, -0.15) is 0 Å². The van der Waals surface area contributed by atoms with E-state index in [1.165, 1.54) is 17.7 Å². The zero-order valence-electron chi connectivity index (χ0n) is 14.8. The maximum absolute atomic E-state index is 12.2. The van der Waals surface area contributed by atoms with Gasteiger partial charge in [-0.1, -0.05) is 12.1 Å². The third-order valence-corrected chi connectivity index (χ3v) is 5.53. The Morgan fingerprint density at radius 3 is 2.71 bits per heavy atom. The van der Waals surface area contributed by atoms with Crippen LogP contribution in [0.25, 0.3) is 0 Å². The number of hydrogen-bond acceptors (Lipinski definition) is 4. The molecule has 2 N–H and O–H groups in total. The molecule has 2 rings (SSSR count). The summed E-state index contributed by atoms with van der Waals surface area (Å²) in [6.45, 7) is 5.00. The normalized spacial score (nSPS) is 16.8. The fraction of sp³-hybridized carbons (Fsp3) is 0.632. The molecule has 5 heteroatoms. The lowest BCUT2D eigenvalue weighted by Crippen LogP contribution is -2.30. The number of amides is 1. The maximum Gasteiger partial charge on any atom is 0.220 e. The first kappa shape index (κ1) is 19.3. The molecule has 1 unspecified atom stereocenters. The molecular formula is C19H30N2O2S. The number of carbonyl (C=O) groups excluding carboxylic acids is 1. The van der Waals surface area contributed by atoms with E-state index in [4.69, 9.17) is 4.74 Å². The molecule has 0 radical (unpaired) electrons. The number of rotatable bonds is 9. The number of thioether (sulfide) groups is 1. The average molecular weight is 351 g/mol. The van der Waals surface area contributed by atoms with Crippen molar-refractivity contribution < 1.29 is 9.53 Å². The molecule has 0 saturated carbocycles. The van der Waals surface area contributed by atoms with Crippen LogP contribution in [0, 0.1) is 5.92 Å². The van der Waals surface area contributed by atoms with Crippen LogP contribution in [0.4, 0.5) is 0 Å². The van der Waals surface area contributed by atoms with Crippen molar-refractivity contribution in [2.75, 3.05) is 32.6 Å². The lowest BCUT2D eigenvalue weighted by atomic mass is 9.93. The van der Waals surface area contributed by atoms with Crippen LogP contribution in [0.3, 0.4) is 0 Å². The summed E-state index contributed by atoms with van der Waals surface area (Å²) in [4.78, 5) is 13.4. The van der Waals surface area contributed by atoms with Gasteiger partial charge in [0.2, 0.25) is 5.91 Å². The van der Waals surface area contributed by atoms with E-state index in [2.05, 4.69) is 41.8 Å². The lowest BCUT2D eigenvalue weighted by Gasteiger charge is -2.22. The number of ether oxygens (including phenoxy) is 1. The second kappa shape index (κ2) is 10.7. The van der Waals surface area contributed by atoms with Crippen molar-refractivity contribution in [2.24, 2.45) is 5.92 Å². The van der Waals surface area contributed by atoms with E-state index in [1.807, 2.05) is 0 Å². The molecule has 1 aromatic carbocycles. The number of carbonyl (C=O) groups is 1. The predicted octanol–water partition coefficient (Wildman–Crippen LogP) is 3.38. The van der Waals surface area contributed by atoms with Crippen LogP contribution < -0.4 is 10.6 Å². The van der Waals surface area contributed by atoms with Crippen LogP contribution in [-0.4, -0.2) is 38.5 Å². The molecule has 0 bridgehead atoms. The highest BCUT2D eigenvalue weighted by molar-refractivity contribution is 7.99. The molecule has 0 spiro atoms. The van der Waals surface area contributed by atoms with Crippen LogP contribution >= 0.6 is 11.8 Å². The standard InChI is InChI=1S/C19H30N2O2S/c1-15(17-4-6-18(7-5-17)24-14-13-23-2)21-19(22)8-3-16-9-11-20-12-10-16/h4-7,15-16,20H,3,8-14H2,1-2H3,(H,21,22). The molecule has 1 amide bonds. The smallest absolute Gasteiger partial charge is 0.220 e. The highest BCUT2D eigenvalue weighted by atomic mass is 32.2. The van der Waals surface area contributed by atoms with Crippen LogP contribution in [0.1, 0.15) is 44.2 Å².